The minimum absolute atomic E-state index is 0. The van der Waals surface area contributed by atoms with Crippen LogP contribution < -0.4 is 9.80 Å². The number of nitrogens with zero attached hydrogens (tertiary/aromatic N) is 6. The molecular formula is C31H39ClF6N6O2. The summed E-state index contributed by atoms with van der Waals surface area (Å²) in [6.07, 6.45) is -6.27. The zero-order valence-corrected chi connectivity index (χ0v) is 26.9. The van der Waals surface area contributed by atoms with Gasteiger partial charge in [-0.2, -0.15) is 31.1 Å². The van der Waals surface area contributed by atoms with E-state index in [1.807, 2.05) is 26.8 Å². The normalized spacial score (nSPS) is 17.0. The number of rotatable bonds is 11. The number of aryl methyl sites for hydroxylation is 3. The predicted octanol–water partition coefficient (Wildman–Crippen LogP) is 7.60. The zero-order chi connectivity index (χ0) is 33.1. The van der Waals surface area contributed by atoms with Crippen LogP contribution in [-0.2, 0) is 37.3 Å². The number of anilines is 2. The molecule has 8 nitrogen and oxygen atoms in total. The Morgan fingerprint density at radius 2 is 1.46 bits per heavy atom. The second-order valence-electron chi connectivity index (χ2n) is 11.9. The summed E-state index contributed by atoms with van der Waals surface area (Å²) in [5.41, 5.74) is 0.763. The van der Waals surface area contributed by atoms with Crippen LogP contribution in [0.5, 0.6) is 0 Å². The second-order valence-corrected chi connectivity index (χ2v) is 11.9. The summed E-state index contributed by atoms with van der Waals surface area (Å²) in [4.78, 5) is 16.1. The number of tetrazole rings is 1. The number of hydrogen-bond acceptors (Lipinski definition) is 6. The minimum Gasteiger partial charge on any atom is -0.481 e. The van der Waals surface area contributed by atoms with Crippen LogP contribution in [-0.4, -0.2) is 44.4 Å². The third-order valence-electron chi connectivity index (χ3n) is 8.49. The highest BCUT2D eigenvalue weighted by atomic mass is 35.5. The molecule has 0 radical (unpaired) electrons. The van der Waals surface area contributed by atoms with Crippen LogP contribution in [0, 0.1) is 25.7 Å². The van der Waals surface area contributed by atoms with Crippen molar-refractivity contribution in [3.05, 3.63) is 63.7 Å². The summed E-state index contributed by atoms with van der Waals surface area (Å²) in [7, 11) is 1.52. The maximum absolute atomic E-state index is 13.6. The molecule has 15 heteroatoms. The van der Waals surface area contributed by atoms with Gasteiger partial charge in [-0.15, -0.1) is 17.5 Å². The van der Waals surface area contributed by atoms with Gasteiger partial charge < -0.3 is 14.9 Å². The molecule has 0 bridgehead atoms. The quantitative estimate of drug-likeness (QED) is 0.209. The zero-order valence-electron chi connectivity index (χ0n) is 26.1. The SMILES string of the molecule is CCN(C[C@H]1CC[C@H](CC(=O)O)CC1)c1cc(C)c(C)cc1CN(Cc1cc(C(F)(F)F)cc(C(F)(F)F)c1)c1nnn(C)n1.Cl. The number of carboxylic acid groups (broad SMARTS) is 1. The van der Waals surface area contributed by atoms with Gasteiger partial charge >= 0.3 is 18.3 Å². The maximum Gasteiger partial charge on any atom is 0.416 e. The van der Waals surface area contributed by atoms with Crippen molar-refractivity contribution in [2.24, 2.45) is 18.9 Å². The summed E-state index contributed by atoms with van der Waals surface area (Å²) >= 11 is 0. The first-order valence-corrected chi connectivity index (χ1v) is 14.9. The molecule has 0 unspecified atom stereocenters. The smallest absolute Gasteiger partial charge is 0.416 e. The lowest BCUT2D eigenvalue weighted by atomic mass is 9.80. The van der Waals surface area contributed by atoms with E-state index in [9.17, 15) is 31.1 Å². The minimum atomic E-state index is -4.97. The molecule has 0 saturated heterocycles. The Hall–Kier alpha value is -3.55. The molecule has 2 aromatic carbocycles. The molecule has 0 amide bonds. The number of aliphatic carboxylic acids is 1. The van der Waals surface area contributed by atoms with Crippen molar-refractivity contribution < 1.29 is 36.2 Å². The molecule has 1 aliphatic carbocycles. The Morgan fingerprint density at radius 1 is 0.891 bits per heavy atom. The number of halogens is 7. The predicted molar refractivity (Wildman–Crippen MR) is 164 cm³/mol. The third kappa shape index (κ3) is 9.49. The Balaban J connectivity index is 0.00000576. The molecule has 0 spiro atoms. The molecule has 46 heavy (non-hydrogen) atoms. The van der Waals surface area contributed by atoms with Gasteiger partial charge in [0.1, 0.15) is 0 Å². The lowest BCUT2D eigenvalue weighted by Crippen LogP contribution is -2.33. The molecular weight excluding hydrogens is 638 g/mol. The topological polar surface area (TPSA) is 87.4 Å². The van der Waals surface area contributed by atoms with Gasteiger partial charge in [0.25, 0.3) is 5.95 Å². The third-order valence-corrected chi connectivity index (χ3v) is 8.49. The Kier molecular flexibility index (Phi) is 12.0. The maximum atomic E-state index is 13.6. The summed E-state index contributed by atoms with van der Waals surface area (Å²) in [5, 5.41) is 21.3. The average molecular weight is 677 g/mol. The van der Waals surface area contributed by atoms with Gasteiger partial charge in [-0.05, 0) is 110 Å². The average Bonchev–Trinajstić information content (AvgIpc) is 3.39. The van der Waals surface area contributed by atoms with Crippen LogP contribution in [0.15, 0.2) is 30.3 Å². The second kappa shape index (κ2) is 14.9. The first-order valence-electron chi connectivity index (χ1n) is 14.9. The summed E-state index contributed by atoms with van der Waals surface area (Å²) in [5.74, 6) is -0.191. The van der Waals surface area contributed by atoms with Crippen LogP contribution in [0.25, 0.3) is 0 Å². The van der Waals surface area contributed by atoms with Crippen molar-refractivity contribution in [3.8, 4) is 0 Å². The first kappa shape index (κ1) is 36.9. The molecule has 1 saturated carbocycles. The van der Waals surface area contributed by atoms with Gasteiger partial charge in [-0.25, -0.2) is 0 Å². The van der Waals surface area contributed by atoms with Gasteiger partial charge in [0.05, 0.1) is 18.2 Å². The van der Waals surface area contributed by atoms with Gasteiger partial charge in [0.15, 0.2) is 0 Å². The summed E-state index contributed by atoms with van der Waals surface area (Å²) < 4.78 is 81.8. The monoisotopic (exact) mass is 676 g/mol. The highest BCUT2D eigenvalue weighted by Gasteiger charge is 2.37. The van der Waals surface area contributed by atoms with E-state index >= 15 is 0 Å². The first-order chi connectivity index (χ1) is 21.0. The molecule has 0 atom stereocenters. The Morgan fingerprint density at radius 3 is 1.96 bits per heavy atom. The van der Waals surface area contributed by atoms with Gasteiger partial charge in [0, 0.05) is 38.3 Å². The van der Waals surface area contributed by atoms with Crippen LogP contribution in [0.4, 0.5) is 38.0 Å². The number of carboxylic acids is 1. The van der Waals surface area contributed by atoms with Crippen LogP contribution >= 0.6 is 12.4 Å². The Bertz CT molecular complexity index is 1450. The van der Waals surface area contributed by atoms with Gasteiger partial charge in [0.2, 0.25) is 0 Å². The lowest BCUT2D eigenvalue weighted by Gasteiger charge is -2.35. The van der Waals surface area contributed by atoms with Crippen molar-refractivity contribution >= 4 is 30.0 Å². The standard InChI is InChI=1S/C31H38F6N6O2.ClH/c1-5-42(16-22-8-6-21(7-9-22)14-28(44)45)27-11-20(3)19(2)10-24(27)18-43(29-38-40-41(4)39-29)17-23-12-25(30(32,33)34)15-26(13-23)31(35,36)37;/h10-13,15,21-22H,5-9,14,16-18H2,1-4H3,(H,44,45);1H/t21-,22-;. The largest absolute Gasteiger partial charge is 0.481 e. The molecule has 3 aromatic rings. The van der Waals surface area contributed by atoms with Crippen molar-refractivity contribution in [1.29, 1.82) is 0 Å². The van der Waals surface area contributed by atoms with Crippen molar-refractivity contribution in [3.63, 3.8) is 0 Å². The number of alkyl halides is 6. The van der Waals surface area contributed by atoms with Crippen LogP contribution in [0.2, 0.25) is 0 Å². The van der Waals surface area contributed by atoms with Crippen molar-refractivity contribution in [1.82, 2.24) is 20.2 Å². The fraction of sp³-hybridized carbons (Fsp3) is 0.548. The van der Waals surface area contributed by atoms with Gasteiger partial charge in [-0.1, -0.05) is 11.2 Å². The van der Waals surface area contributed by atoms with Crippen molar-refractivity contribution in [2.75, 3.05) is 22.9 Å². The summed E-state index contributed by atoms with van der Waals surface area (Å²) in [6.45, 7) is 7.12. The van der Waals surface area contributed by atoms with E-state index in [0.717, 1.165) is 66.7 Å². The number of aromatic nitrogens is 4. The molecule has 4 rings (SSSR count). The van der Waals surface area contributed by atoms with E-state index in [-0.39, 0.29) is 55.4 Å². The molecule has 1 aliphatic rings. The molecule has 1 N–H and O–H groups in total. The molecule has 1 heterocycles. The van der Waals surface area contributed by atoms with Crippen LogP contribution in [0.3, 0.4) is 0 Å². The van der Waals surface area contributed by atoms with E-state index in [0.29, 0.717) is 12.5 Å². The van der Waals surface area contributed by atoms with E-state index in [1.165, 1.54) is 16.7 Å². The molecule has 0 aliphatic heterocycles. The molecule has 1 aromatic heterocycles. The summed E-state index contributed by atoms with van der Waals surface area (Å²) in [6, 6.07) is 5.59. The molecule has 254 valence electrons. The van der Waals surface area contributed by atoms with E-state index in [4.69, 9.17) is 5.11 Å². The fourth-order valence-corrected chi connectivity index (χ4v) is 5.99. The van der Waals surface area contributed by atoms with E-state index < -0.39 is 29.4 Å². The fourth-order valence-electron chi connectivity index (χ4n) is 5.99. The van der Waals surface area contributed by atoms with Crippen LogP contribution in [0.1, 0.15) is 72.4 Å². The number of benzene rings is 2. The number of carbonyl (C=O) groups is 1. The lowest BCUT2D eigenvalue weighted by molar-refractivity contribution is -0.143. The van der Waals surface area contributed by atoms with E-state index in [2.05, 4.69) is 26.4 Å². The molecule has 1 fully saturated rings. The Labute approximate surface area is 270 Å². The number of hydrogen-bond donors (Lipinski definition) is 1. The highest BCUT2D eigenvalue weighted by molar-refractivity contribution is 5.85. The van der Waals surface area contributed by atoms with Gasteiger partial charge in [-0.3, -0.25) is 4.79 Å². The highest BCUT2D eigenvalue weighted by Crippen LogP contribution is 2.38. The van der Waals surface area contributed by atoms with E-state index in [1.54, 1.807) is 0 Å². The van der Waals surface area contributed by atoms with Crippen molar-refractivity contribution in [2.45, 2.75) is 78.3 Å².